The highest BCUT2D eigenvalue weighted by molar-refractivity contribution is 9.10. The molecular weight excluding hydrogens is 371 g/mol. The van der Waals surface area contributed by atoms with Gasteiger partial charge < -0.3 is 0 Å². The predicted molar refractivity (Wildman–Crippen MR) is 83.8 cm³/mol. The summed E-state index contributed by atoms with van der Waals surface area (Å²) in [6.07, 6.45) is 1.89. The van der Waals surface area contributed by atoms with Gasteiger partial charge in [0.1, 0.15) is 16.8 Å². The smallest absolute Gasteiger partial charge is 0.146 e. The van der Waals surface area contributed by atoms with Crippen LogP contribution in [0.1, 0.15) is 25.3 Å². The molecule has 3 nitrogen and oxygen atoms in total. The van der Waals surface area contributed by atoms with Crippen molar-refractivity contribution in [1.82, 2.24) is 8.75 Å². The van der Waals surface area contributed by atoms with Crippen molar-refractivity contribution in [1.29, 1.82) is 0 Å². The molecule has 19 heavy (non-hydrogen) atoms. The Kier molecular flexibility index (Phi) is 5.17. The van der Waals surface area contributed by atoms with E-state index in [1.165, 1.54) is 0 Å². The van der Waals surface area contributed by atoms with Crippen molar-refractivity contribution in [3.05, 3.63) is 21.7 Å². The Morgan fingerprint density at radius 2 is 2.05 bits per heavy atom. The van der Waals surface area contributed by atoms with E-state index in [2.05, 4.69) is 24.7 Å². The fourth-order valence-electron chi connectivity index (χ4n) is 1.81. The molecule has 1 aromatic heterocycles. The lowest BCUT2D eigenvalue weighted by atomic mass is 10.0. The van der Waals surface area contributed by atoms with E-state index in [1.54, 1.807) is 6.07 Å². The summed E-state index contributed by atoms with van der Waals surface area (Å²) in [6.45, 7) is 1.98. The van der Waals surface area contributed by atoms with Gasteiger partial charge in [0, 0.05) is 17.0 Å². The van der Waals surface area contributed by atoms with Crippen molar-refractivity contribution in [3.63, 3.8) is 0 Å². The van der Waals surface area contributed by atoms with Gasteiger partial charge in [-0.25, -0.2) is 0 Å². The Labute approximate surface area is 133 Å². The zero-order valence-corrected chi connectivity index (χ0v) is 14.0. The molecule has 1 atom stereocenters. The number of alkyl halides is 1. The Balaban J connectivity index is 2.35. The van der Waals surface area contributed by atoms with Crippen LogP contribution in [0, 0.1) is 0 Å². The van der Waals surface area contributed by atoms with Crippen molar-refractivity contribution < 1.29 is 4.79 Å². The van der Waals surface area contributed by atoms with Gasteiger partial charge in [-0.15, -0.1) is 0 Å². The number of fused-ring (bicyclic) bond motifs is 1. The van der Waals surface area contributed by atoms with Crippen LogP contribution in [0.5, 0.6) is 0 Å². The summed E-state index contributed by atoms with van der Waals surface area (Å²) in [5, 5.41) is 1.02. The molecule has 0 aliphatic heterocycles. The van der Waals surface area contributed by atoms with Gasteiger partial charge in [0.2, 0.25) is 0 Å². The summed E-state index contributed by atoms with van der Waals surface area (Å²) in [6, 6.07) is 1.66. The van der Waals surface area contributed by atoms with Crippen molar-refractivity contribution in [3.8, 4) is 0 Å². The second-order valence-electron chi connectivity index (χ2n) is 4.17. The molecule has 0 radical (unpaired) electrons. The highest BCUT2D eigenvalue weighted by Gasteiger charge is 2.20. The van der Waals surface area contributed by atoms with Crippen LogP contribution in [0.25, 0.3) is 11.0 Å². The standard InChI is InChI=1S/C12H11BrCl2N2OS/c1-2-3-10(18)7(13)4-6-8(14)5-9(15)12-11(6)16-19-17-12/h5,7H,2-4H2,1H3. The minimum Gasteiger partial charge on any atom is -0.298 e. The number of hydrogen-bond acceptors (Lipinski definition) is 4. The topological polar surface area (TPSA) is 42.9 Å². The number of aromatic nitrogens is 2. The van der Waals surface area contributed by atoms with Crippen molar-refractivity contribution in [2.24, 2.45) is 0 Å². The Morgan fingerprint density at radius 1 is 1.37 bits per heavy atom. The summed E-state index contributed by atoms with van der Waals surface area (Å²) in [5.74, 6) is 0.171. The van der Waals surface area contributed by atoms with Gasteiger partial charge >= 0.3 is 0 Å². The summed E-state index contributed by atoms with van der Waals surface area (Å²) in [4.78, 5) is 11.6. The van der Waals surface area contributed by atoms with Gasteiger partial charge in [0.15, 0.2) is 0 Å². The second kappa shape index (κ2) is 6.48. The first-order chi connectivity index (χ1) is 9.04. The number of halogens is 3. The summed E-state index contributed by atoms with van der Waals surface area (Å²) < 4.78 is 8.38. The zero-order valence-electron chi connectivity index (χ0n) is 10.1. The molecular formula is C12H11BrCl2N2OS. The third kappa shape index (κ3) is 3.27. The molecule has 0 amide bonds. The largest absolute Gasteiger partial charge is 0.298 e. The van der Waals surface area contributed by atoms with E-state index in [1.807, 2.05) is 6.92 Å². The summed E-state index contributed by atoms with van der Waals surface area (Å²) in [7, 11) is 0. The van der Waals surface area contributed by atoms with E-state index >= 15 is 0 Å². The number of hydrogen-bond donors (Lipinski definition) is 0. The first kappa shape index (κ1) is 15.2. The van der Waals surface area contributed by atoms with Crippen molar-refractivity contribution in [2.75, 3.05) is 0 Å². The number of Topliss-reactive ketones (excluding diaryl/α,β-unsaturated/α-hetero) is 1. The van der Waals surface area contributed by atoms with E-state index in [4.69, 9.17) is 23.2 Å². The van der Waals surface area contributed by atoms with E-state index in [0.29, 0.717) is 33.9 Å². The summed E-state index contributed by atoms with van der Waals surface area (Å²) in [5.41, 5.74) is 2.16. The molecule has 0 saturated carbocycles. The Hall–Kier alpha value is -0.230. The molecule has 7 heteroatoms. The highest BCUT2D eigenvalue weighted by atomic mass is 79.9. The number of rotatable bonds is 5. The number of ketones is 1. The van der Waals surface area contributed by atoms with Crippen LogP contribution in [-0.4, -0.2) is 19.4 Å². The molecule has 2 rings (SSSR count). The van der Waals surface area contributed by atoms with Crippen LogP contribution in [0.4, 0.5) is 0 Å². The average molecular weight is 382 g/mol. The minimum absolute atomic E-state index is 0.171. The van der Waals surface area contributed by atoms with E-state index in [-0.39, 0.29) is 10.6 Å². The first-order valence-electron chi connectivity index (χ1n) is 5.80. The third-order valence-corrected chi connectivity index (χ3v) is 4.76. The van der Waals surface area contributed by atoms with Crippen molar-refractivity contribution in [2.45, 2.75) is 31.0 Å². The van der Waals surface area contributed by atoms with E-state index in [0.717, 1.165) is 23.7 Å². The molecule has 1 heterocycles. The molecule has 0 fully saturated rings. The quantitative estimate of drug-likeness (QED) is 0.706. The number of nitrogens with zero attached hydrogens (tertiary/aromatic N) is 2. The van der Waals surface area contributed by atoms with Crippen molar-refractivity contribution >= 4 is 67.7 Å². The molecule has 0 N–H and O–H groups in total. The van der Waals surface area contributed by atoms with Crippen LogP contribution in [-0.2, 0) is 11.2 Å². The van der Waals surface area contributed by atoms with Crippen LogP contribution < -0.4 is 0 Å². The van der Waals surface area contributed by atoms with Gasteiger partial charge in [0.25, 0.3) is 0 Å². The van der Waals surface area contributed by atoms with Crippen LogP contribution in [0.3, 0.4) is 0 Å². The molecule has 0 bridgehead atoms. The lowest BCUT2D eigenvalue weighted by Crippen LogP contribution is -2.16. The van der Waals surface area contributed by atoms with Crippen LogP contribution in [0.15, 0.2) is 6.07 Å². The lowest BCUT2D eigenvalue weighted by Gasteiger charge is -2.10. The van der Waals surface area contributed by atoms with Gasteiger partial charge in [0.05, 0.1) is 21.6 Å². The zero-order chi connectivity index (χ0) is 14.0. The number of benzene rings is 1. The van der Waals surface area contributed by atoms with E-state index < -0.39 is 0 Å². The van der Waals surface area contributed by atoms with Gasteiger partial charge in [-0.3, -0.25) is 4.79 Å². The molecule has 0 spiro atoms. The molecule has 0 aliphatic carbocycles. The molecule has 1 aromatic carbocycles. The predicted octanol–water partition coefficient (Wildman–Crippen LogP) is 4.67. The van der Waals surface area contributed by atoms with Gasteiger partial charge in [-0.1, -0.05) is 46.1 Å². The fraction of sp³-hybridized carbons (Fsp3) is 0.417. The second-order valence-corrected chi connectivity index (χ2v) is 6.62. The van der Waals surface area contributed by atoms with Crippen LogP contribution >= 0.6 is 50.9 Å². The minimum atomic E-state index is -0.254. The highest BCUT2D eigenvalue weighted by Crippen LogP contribution is 2.33. The lowest BCUT2D eigenvalue weighted by molar-refractivity contribution is -0.118. The molecule has 1 unspecified atom stereocenters. The maximum absolute atomic E-state index is 11.9. The Bertz CT molecular complexity index is 617. The maximum atomic E-state index is 11.9. The SMILES string of the molecule is CCCC(=O)C(Br)Cc1c(Cl)cc(Cl)c2nsnc12. The third-order valence-electron chi connectivity index (χ3n) is 2.77. The molecule has 102 valence electrons. The maximum Gasteiger partial charge on any atom is 0.146 e. The average Bonchev–Trinajstić information content (AvgIpc) is 2.84. The molecule has 0 aliphatic rings. The Morgan fingerprint density at radius 3 is 2.74 bits per heavy atom. The molecule has 2 aromatic rings. The fourth-order valence-corrected chi connectivity index (χ4v) is 3.57. The normalized spacial score (nSPS) is 12.8. The first-order valence-corrected chi connectivity index (χ1v) is 8.20. The van der Waals surface area contributed by atoms with Gasteiger partial charge in [-0.05, 0) is 18.9 Å². The number of carbonyl (C=O) groups is 1. The number of carbonyl (C=O) groups excluding carboxylic acids is 1. The van der Waals surface area contributed by atoms with E-state index in [9.17, 15) is 4.79 Å². The summed E-state index contributed by atoms with van der Waals surface area (Å²) >= 11 is 16.8. The monoisotopic (exact) mass is 380 g/mol. The van der Waals surface area contributed by atoms with Gasteiger partial charge in [-0.2, -0.15) is 8.75 Å². The molecule has 0 saturated heterocycles. The van der Waals surface area contributed by atoms with Crippen LogP contribution in [0.2, 0.25) is 10.0 Å².